The quantitative estimate of drug-likeness (QED) is 0.169. The molecule has 0 aliphatic heterocycles. The van der Waals surface area contributed by atoms with Crippen molar-refractivity contribution >= 4 is 5.97 Å². The molecule has 0 aliphatic carbocycles. The van der Waals surface area contributed by atoms with Gasteiger partial charge in [-0.15, -0.1) is 0 Å². The maximum Gasteiger partial charge on any atom is 0.303 e. The van der Waals surface area contributed by atoms with E-state index in [1.807, 2.05) is 0 Å². The molecular weight excluding hydrogens is 324 g/mol. The molecule has 0 saturated heterocycles. The number of aliphatic hydroxyl groups excluding tert-OH is 1. The molecule has 0 rings (SSSR count). The van der Waals surface area contributed by atoms with Gasteiger partial charge in [-0.2, -0.15) is 0 Å². The summed E-state index contributed by atoms with van der Waals surface area (Å²) in [6.07, 6.45) is 24.7. The van der Waals surface area contributed by atoms with Crippen molar-refractivity contribution in [3.63, 3.8) is 0 Å². The lowest BCUT2D eigenvalue weighted by atomic mass is 10.0. The zero-order valence-electron chi connectivity index (χ0n) is 17.3. The van der Waals surface area contributed by atoms with Crippen molar-refractivity contribution in [2.24, 2.45) is 0 Å². The molecule has 0 fully saturated rings. The standard InChI is InChI=1S/C23H44O3/c1-2-3-4-5-6-7-8-9-10-11-12-13-14-15-16-17-18-19-22(24)20-21-23(25)26/h19,24H,2-18,20-21H2,1H3,(H,25,26). The first-order valence-electron chi connectivity index (χ1n) is 11.3. The van der Waals surface area contributed by atoms with Crippen molar-refractivity contribution in [3.05, 3.63) is 11.8 Å². The van der Waals surface area contributed by atoms with Gasteiger partial charge in [-0.05, 0) is 18.9 Å². The van der Waals surface area contributed by atoms with Crippen LogP contribution < -0.4 is 0 Å². The molecule has 26 heavy (non-hydrogen) atoms. The van der Waals surface area contributed by atoms with Crippen molar-refractivity contribution in [2.45, 2.75) is 129 Å². The maximum absolute atomic E-state index is 10.4. The molecule has 0 aliphatic rings. The van der Waals surface area contributed by atoms with Gasteiger partial charge >= 0.3 is 5.97 Å². The van der Waals surface area contributed by atoms with Gasteiger partial charge in [0.25, 0.3) is 0 Å². The zero-order chi connectivity index (χ0) is 19.3. The van der Waals surface area contributed by atoms with E-state index < -0.39 is 5.97 Å². The third-order valence-corrected chi connectivity index (χ3v) is 5.03. The van der Waals surface area contributed by atoms with Crippen molar-refractivity contribution in [2.75, 3.05) is 0 Å². The Morgan fingerprint density at radius 1 is 0.615 bits per heavy atom. The smallest absolute Gasteiger partial charge is 0.303 e. The summed E-state index contributed by atoms with van der Waals surface area (Å²) in [5, 5.41) is 18.1. The van der Waals surface area contributed by atoms with E-state index in [0.29, 0.717) is 0 Å². The SMILES string of the molecule is CCCCCCCCCCCCCCCCCCC=C(O)CCC(=O)O. The Hall–Kier alpha value is -0.990. The molecule has 3 heteroatoms. The fourth-order valence-corrected chi connectivity index (χ4v) is 3.30. The zero-order valence-corrected chi connectivity index (χ0v) is 17.3. The molecule has 0 unspecified atom stereocenters. The fourth-order valence-electron chi connectivity index (χ4n) is 3.30. The normalized spacial score (nSPS) is 11.8. The van der Waals surface area contributed by atoms with Crippen molar-refractivity contribution in [1.29, 1.82) is 0 Å². The number of carboxylic acids is 1. The highest BCUT2D eigenvalue weighted by Crippen LogP contribution is 2.14. The van der Waals surface area contributed by atoms with Gasteiger partial charge in [0, 0.05) is 6.42 Å². The highest BCUT2D eigenvalue weighted by Gasteiger charge is 1.99. The summed E-state index contributed by atoms with van der Waals surface area (Å²) < 4.78 is 0. The molecule has 0 bridgehead atoms. The number of carboxylic acid groups (broad SMARTS) is 1. The molecule has 0 spiro atoms. The van der Waals surface area contributed by atoms with E-state index in [0.717, 1.165) is 12.8 Å². The summed E-state index contributed by atoms with van der Waals surface area (Å²) in [4.78, 5) is 10.4. The summed E-state index contributed by atoms with van der Waals surface area (Å²) >= 11 is 0. The predicted molar refractivity (Wildman–Crippen MR) is 112 cm³/mol. The van der Waals surface area contributed by atoms with Crippen LogP contribution in [0.2, 0.25) is 0 Å². The van der Waals surface area contributed by atoms with Gasteiger partial charge in [0.2, 0.25) is 0 Å². The second kappa shape index (κ2) is 20.3. The fraction of sp³-hybridized carbons (Fsp3) is 0.870. The van der Waals surface area contributed by atoms with Crippen molar-refractivity contribution < 1.29 is 15.0 Å². The Morgan fingerprint density at radius 2 is 1.00 bits per heavy atom. The van der Waals surface area contributed by atoms with Crippen LogP contribution in [0.1, 0.15) is 129 Å². The van der Waals surface area contributed by atoms with Crippen LogP contribution in [0, 0.1) is 0 Å². The van der Waals surface area contributed by atoms with Gasteiger partial charge in [0.05, 0.1) is 12.2 Å². The third-order valence-electron chi connectivity index (χ3n) is 5.03. The van der Waals surface area contributed by atoms with E-state index in [9.17, 15) is 9.90 Å². The topological polar surface area (TPSA) is 57.5 Å². The van der Waals surface area contributed by atoms with E-state index in [1.165, 1.54) is 96.3 Å². The largest absolute Gasteiger partial charge is 0.513 e. The molecular formula is C23H44O3. The van der Waals surface area contributed by atoms with Gasteiger partial charge < -0.3 is 10.2 Å². The van der Waals surface area contributed by atoms with Crippen molar-refractivity contribution in [1.82, 2.24) is 0 Å². The molecule has 0 aromatic rings. The highest BCUT2D eigenvalue weighted by atomic mass is 16.4. The number of allylic oxidation sites excluding steroid dienone is 2. The van der Waals surface area contributed by atoms with Gasteiger partial charge in [-0.25, -0.2) is 0 Å². The molecule has 154 valence electrons. The number of aliphatic hydroxyl groups is 1. The first kappa shape index (κ1) is 25.0. The van der Waals surface area contributed by atoms with Gasteiger partial charge in [-0.3, -0.25) is 4.79 Å². The van der Waals surface area contributed by atoms with Gasteiger partial charge in [0.1, 0.15) is 0 Å². The molecule has 0 saturated carbocycles. The Balaban J connectivity index is 3.15. The lowest BCUT2D eigenvalue weighted by molar-refractivity contribution is -0.137. The van der Waals surface area contributed by atoms with Crippen LogP contribution in [0.25, 0.3) is 0 Å². The lowest BCUT2D eigenvalue weighted by Crippen LogP contribution is -1.95. The number of unbranched alkanes of at least 4 members (excludes halogenated alkanes) is 16. The summed E-state index contributed by atoms with van der Waals surface area (Å²) in [5.41, 5.74) is 0. The Morgan fingerprint density at radius 3 is 1.38 bits per heavy atom. The van der Waals surface area contributed by atoms with E-state index in [4.69, 9.17) is 5.11 Å². The first-order chi connectivity index (χ1) is 12.7. The number of carbonyl (C=O) groups is 1. The molecule has 0 aromatic carbocycles. The van der Waals surface area contributed by atoms with Crippen LogP contribution in [0.4, 0.5) is 0 Å². The van der Waals surface area contributed by atoms with Crippen LogP contribution in [0.15, 0.2) is 11.8 Å². The molecule has 3 nitrogen and oxygen atoms in total. The molecule has 0 atom stereocenters. The Labute approximate surface area is 162 Å². The minimum atomic E-state index is -0.854. The predicted octanol–water partition coefficient (Wildman–Crippen LogP) is 7.94. The average molecular weight is 369 g/mol. The second-order valence-corrected chi connectivity index (χ2v) is 7.68. The number of hydrogen-bond acceptors (Lipinski definition) is 2. The molecule has 0 radical (unpaired) electrons. The van der Waals surface area contributed by atoms with Crippen LogP contribution in [-0.2, 0) is 4.79 Å². The summed E-state index contributed by atoms with van der Waals surface area (Å²) in [5.74, 6) is -0.624. The second-order valence-electron chi connectivity index (χ2n) is 7.68. The molecule has 0 amide bonds. The van der Waals surface area contributed by atoms with Crippen molar-refractivity contribution in [3.8, 4) is 0 Å². The number of hydrogen-bond donors (Lipinski definition) is 2. The van der Waals surface area contributed by atoms with Gasteiger partial charge in [-0.1, -0.05) is 103 Å². The highest BCUT2D eigenvalue weighted by molar-refractivity contribution is 5.66. The van der Waals surface area contributed by atoms with Gasteiger partial charge in [0.15, 0.2) is 0 Å². The van der Waals surface area contributed by atoms with Crippen LogP contribution >= 0.6 is 0 Å². The molecule has 0 heterocycles. The monoisotopic (exact) mass is 368 g/mol. The number of aliphatic carboxylic acids is 1. The maximum atomic E-state index is 10.4. The van der Waals surface area contributed by atoms with E-state index in [-0.39, 0.29) is 18.6 Å². The third kappa shape index (κ3) is 21.1. The van der Waals surface area contributed by atoms with E-state index >= 15 is 0 Å². The van der Waals surface area contributed by atoms with Crippen LogP contribution in [-0.4, -0.2) is 16.2 Å². The molecule has 2 N–H and O–H groups in total. The molecule has 0 aromatic heterocycles. The van der Waals surface area contributed by atoms with E-state index in [1.54, 1.807) is 6.08 Å². The number of rotatable bonds is 20. The lowest BCUT2D eigenvalue weighted by Gasteiger charge is -2.03. The Bertz CT molecular complexity index is 336. The van der Waals surface area contributed by atoms with Crippen LogP contribution in [0.5, 0.6) is 0 Å². The minimum absolute atomic E-state index is 0.0152. The summed E-state index contributed by atoms with van der Waals surface area (Å²) in [6.45, 7) is 2.27. The average Bonchev–Trinajstić information content (AvgIpc) is 2.62. The first-order valence-corrected chi connectivity index (χ1v) is 11.3. The summed E-state index contributed by atoms with van der Waals surface area (Å²) in [7, 11) is 0. The van der Waals surface area contributed by atoms with Crippen LogP contribution in [0.3, 0.4) is 0 Å². The summed E-state index contributed by atoms with van der Waals surface area (Å²) in [6, 6.07) is 0. The Kier molecular flexibility index (Phi) is 19.5. The minimum Gasteiger partial charge on any atom is -0.513 e. The van der Waals surface area contributed by atoms with E-state index in [2.05, 4.69) is 6.92 Å².